The summed E-state index contributed by atoms with van der Waals surface area (Å²) in [5.74, 6) is -0.00322. The third-order valence-electron chi connectivity index (χ3n) is 5.06. The molecule has 152 valence electrons. The molecule has 4 rings (SSSR count). The van der Waals surface area contributed by atoms with E-state index in [-0.39, 0.29) is 6.42 Å². The van der Waals surface area contributed by atoms with E-state index in [1.807, 2.05) is 41.8 Å². The number of thiazole rings is 1. The van der Waals surface area contributed by atoms with E-state index in [2.05, 4.69) is 34.7 Å². The van der Waals surface area contributed by atoms with Crippen molar-refractivity contribution in [3.05, 3.63) is 77.4 Å². The molecule has 0 saturated heterocycles. The molecule has 1 N–H and O–H groups in total. The van der Waals surface area contributed by atoms with E-state index in [0.717, 1.165) is 44.5 Å². The first-order valence-corrected chi connectivity index (χ1v) is 10.5. The summed E-state index contributed by atoms with van der Waals surface area (Å²) >= 11 is 1.61. The Balaban J connectivity index is 1.81. The van der Waals surface area contributed by atoms with E-state index < -0.39 is 5.97 Å². The van der Waals surface area contributed by atoms with E-state index in [9.17, 15) is 9.90 Å². The van der Waals surface area contributed by atoms with Crippen molar-refractivity contribution in [3.8, 4) is 33.3 Å². The molecular weight excluding hydrogens is 396 g/mol. The predicted octanol–water partition coefficient (Wildman–Crippen LogP) is 5.60. The molecule has 2 aromatic carbocycles. The normalized spacial score (nSPS) is 10.9. The average molecular weight is 419 g/mol. The van der Waals surface area contributed by atoms with Crippen LogP contribution in [0.5, 0.6) is 5.75 Å². The number of benzene rings is 2. The molecule has 4 aromatic rings. The van der Waals surface area contributed by atoms with Crippen LogP contribution in [0.15, 0.2) is 66.2 Å². The molecule has 0 atom stereocenters. The van der Waals surface area contributed by atoms with E-state index in [1.54, 1.807) is 24.6 Å². The number of hydrogen-bond acceptors (Lipinski definition) is 4. The molecule has 0 unspecified atom stereocenters. The van der Waals surface area contributed by atoms with Crippen LogP contribution in [0.2, 0.25) is 0 Å². The highest BCUT2D eigenvalue weighted by atomic mass is 32.1. The fraction of sp³-hybridized carbons (Fsp3) is 0.167. The number of rotatable bonds is 7. The van der Waals surface area contributed by atoms with Gasteiger partial charge in [-0.05, 0) is 79.1 Å². The Morgan fingerprint density at radius 1 is 1.10 bits per heavy atom. The van der Waals surface area contributed by atoms with Crippen molar-refractivity contribution in [2.75, 3.05) is 7.11 Å². The largest absolute Gasteiger partial charge is 0.497 e. The van der Waals surface area contributed by atoms with Gasteiger partial charge in [-0.3, -0.25) is 4.79 Å². The number of carboxylic acids is 1. The van der Waals surface area contributed by atoms with Crippen molar-refractivity contribution in [1.29, 1.82) is 0 Å². The van der Waals surface area contributed by atoms with Gasteiger partial charge in [0.05, 0.1) is 19.2 Å². The molecule has 0 aliphatic carbocycles. The predicted molar refractivity (Wildman–Crippen MR) is 120 cm³/mol. The molecule has 0 spiro atoms. The highest BCUT2D eigenvalue weighted by Crippen LogP contribution is 2.32. The van der Waals surface area contributed by atoms with Crippen molar-refractivity contribution in [2.24, 2.45) is 0 Å². The van der Waals surface area contributed by atoms with Crippen LogP contribution in [-0.4, -0.2) is 27.7 Å². The smallest absolute Gasteiger partial charge is 0.303 e. The summed E-state index contributed by atoms with van der Waals surface area (Å²) in [6.45, 7) is 2.07. The number of aromatic nitrogens is 2. The molecule has 0 fully saturated rings. The first-order chi connectivity index (χ1) is 14.6. The van der Waals surface area contributed by atoms with E-state index in [0.29, 0.717) is 6.42 Å². The summed E-state index contributed by atoms with van der Waals surface area (Å²) in [5, 5.41) is 12.1. The van der Waals surface area contributed by atoms with E-state index in [4.69, 9.17) is 4.74 Å². The van der Waals surface area contributed by atoms with Crippen LogP contribution in [0.1, 0.15) is 17.7 Å². The van der Waals surface area contributed by atoms with Gasteiger partial charge in [-0.1, -0.05) is 0 Å². The third-order valence-corrected chi connectivity index (χ3v) is 5.88. The van der Waals surface area contributed by atoms with Crippen molar-refractivity contribution in [2.45, 2.75) is 19.8 Å². The molecule has 0 bridgehead atoms. The molecule has 0 amide bonds. The lowest BCUT2D eigenvalue weighted by molar-refractivity contribution is -0.136. The molecule has 0 aliphatic rings. The number of carbonyl (C=O) groups is 1. The highest BCUT2D eigenvalue weighted by Gasteiger charge is 2.15. The van der Waals surface area contributed by atoms with Crippen LogP contribution in [0.3, 0.4) is 0 Å². The third kappa shape index (κ3) is 4.00. The molecule has 2 heterocycles. The topological polar surface area (TPSA) is 64.3 Å². The molecule has 0 saturated carbocycles. The zero-order valence-corrected chi connectivity index (χ0v) is 17.6. The van der Waals surface area contributed by atoms with Gasteiger partial charge in [-0.2, -0.15) is 0 Å². The first-order valence-electron chi connectivity index (χ1n) is 9.64. The van der Waals surface area contributed by atoms with Crippen LogP contribution in [0.25, 0.3) is 27.5 Å². The summed E-state index contributed by atoms with van der Waals surface area (Å²) in [4.78, 5) is 15.6. The Morgan fingerprint density at radius 3 is 2.50 bits per heavy atom. The molecule has 2 aromatic heterocycles. The van der Waals surface area contributed by atoms with Gasteiger partial charge in [0.25, 0.3) is 0 Å². The number of hydrogen-bond donors (Lipinski definition) is 1. The Labute approximate surface area is 179 Å². The van der Waals surface area contributed by atoms with Gasteiger partial charge >= 0.3 is 5.97 Å². The molecule has 0 aliphatic heterocycles. The van der Waals surface area contributed by atoms with Crippen molar-refractivity contribution >= 4 is 17.3 Å². The van der Waals surface area contributed by atoms with Crippen molar-refractivity contribution < 1.29 is 14.6 Å². The second-order valence-electron chi connectivity index (χ2n) is 7.01. The summed E-state index contributed by atoms with van der Waals surface area (Å²) < 4.78 is 7.44. The summed E-state index contributed by atoms with van der Waals surface area (Å²) in [7, 11) is 1.65. The second kappa shape index (κ2) is 8.55. The number of methoxy groups -OCH3 is 1. The molecule has 6 heteroatoms. The van der Waals surface area contributed by atoms with Gasteiger partial charge in [0.1, 0.15) is 10.8 Å². The SMILES string of the molecule is COc1ccc(-c2ccc(CCC(=O)O)n2-c2ccc(-c3nccs3)cc2C)cc1. The number of nitrogens with zero attached hydrogens (tertiary/aromatic N) is 2. The second-order valence-corrected chi connectivity index (χ2v) is 7.90. The lowest BCUT2D eigenvalue weighted by atomic mass is 10.1. The first kappa shape index (κ1) is 19.9. The lowest BCUT2D eigenvalue weighted by Crippen LogP contribution is -2.06. The minimum atomic E-state index is -0.801. The number of carboxylic acid groups (broad SMARTS) is 1. The van der Waals surface area contributed by atoms with E-state index in [1.165, 1.54) is 0 Å². The number of aliphatic carboxylic acids is 1. The maximum atomic E-state index is 11.2. The van der Waals surface area contributed by atoms with Gasteiger partial charge in [-0.15, -0.1) is 11.3 Å². The molecule has 30 heavy (non-hydrogen) atoms. The maximum absolute atomic E-state index is 11.2. The van der Waals surface area contributed by atoms with Gasteiger partial charge in [0.2, 0.25) is 0 Å². The fourth-order valence-corrected chi connectivity index (χ4v) is 4.22. The zero-order valence-electron chi connectivity index (χ0n) is 16.8. The molecule has 5 nitrogen and oxygen atoms in total. The molecule has 0 radical (unpaired) electrons. The summed E-state index contributed by atoms with van der Waals surface area (Å²) in [6, 6.07) is 18.2. The molecular formula is C24H22N2O3S. The van der Waals surface area contributed by atoms with Crippen LogP contribution in [-0.2, 0) is 11.2 Å². The van der Waals surface area contributed by atoms with E-state index >= 15 is 0 Å². The minimum Gasteiger partial charge on any atom is -0.497 e. The lowest BCUT2D eigenvalue weighted by Gasteiger charge is -2.17. The van der Waals surface area contributed by atoms with Crippen molar-refractivity contribution in [3.63, 3.8) is 0 Å². The Kier molecular flexibility index (Phi) is 5.68. The highest BCUT2D eigenvalue weighted by molar-refractivity contribution is 7.13. The summed E-state index contributed by atoms with van der Waals surface area (Å²) in [6.07, 6.45) is 2.35. The van der Waals surface area contributed by atoms with Gasteiger partial charge in [0, 0.05) is 28.5 Å². The Bertz CT molecular complexity index is 1160. The van der Waals surface area contributed by atoms with Gasteiger partial charge in [0.15, 0.2) is 0 Å². The number of aryl methyl sites for hydroxylation is 2. The standard InChI is InChI=1S/C24H22N2O3S/c1-16-15-18(24-25-13-14-30-24)5-10-21(16)26-19(7-12-23(27)28)6-11-22(26)17-3-8-20(29-2)9-4-17/h3-6,8-11,13-15H,7,12H2,1-2H3,(H,27,28). The zero-order chi connectivity index (χ0) is 21.1. The maximum Gasteiger partial charge on any atom is 0.303 e. The van der Waals surface area contributed by atoms with Crippen molar-refractivity contribution in [1.82, 2.24) is 9.55 Å². The van der Waals surface area contributed by atoms with Crippen LogP contribution < -0.4 is 4.74 Å². The minimum absolute atomic E-state index is 0.0856. The van der Waals surface area contributed by atoms with Crippen LogP contribution >= 0.6 is 11.3 Å². The van der Waals surface area contributed by atoms with Crippen LogP contribution in [0.4, 0.5) is 0 Å². The average Bonchev–Trinajstić information content (AvgIpc) is 3.42. The summed E-state index contributed by atoms with van der Waals surface area (Å²) in [5.41, 5.74) is 6.24. The fourth-order valence-electron chi connectivity index (χ4n) is 3.59. The monoisotopic (exact) mass is 418 g/mol. The Morgan fingerprint density at radius 2 is 1.87 bits per heavy atom. The van der Waals surface area contributed by atoms with Crippen LogP contribution in [0, 0.1) is 6.92 Å². The van der Waals surface area contributed by atoms with Gasteiger partial charge in [-0.25, -0.2) is 4.98 Å². The number of ether oxygens (including phenoxy) is 1. The van der Waals surface area contributed by atoms with Gasteiger partial charge < -0.3 is 14.4 Å². The quantitative estimate of drug-likeness (QED) is 0.424. The Hall–Kier alpha value is -3.38.